The number of anilines is 4. The van der Waals surface area contributed by atoms with Crippen LogP contribution in [0.25, 0.3) is 11.3 Å². The van der Waals surface area contributed by atoms with Crippen molar-refractivity contribution in [3.8, 4) is 11.3 Å². The zero-order valence-corrected chi connectivity index (χ0v) is 18.3. The molecular formula is C24H27N7O2. The van der Waals surface area contributed by atoms with E-state index in [9.17, 15) is 4.79 Å². The van der Waals surface area contributed by atoms with E-state index in [1.807, 2.05) is 42.5 Å². The SMILES string of the molecule is O=C(Nc1ccc(-c2ccnc(Nc3ccc(N4CCOCC4)nc3)n2)cc1)[C@@H]1CCCN1. The third-order valence-electron chi connectivity index (χ3n) is 5.82. The highest BCUT2D eigenvalue weighted by Crippen LogP contribution is 2.22. The largest absolute Gasteiger partial charge is 0.378 e. The van der Waals surface area contributed by atoms with Gasteiger partial charge in [-0.3, -0.25) is 4.79 Å². The Labute approximate surface area is 192 Å². The van der Waals surface area contributed by atoms with Gasteiger partial charge < -0.3 is 25.6 Å². The number of carbonyl (C=O) groups excluding carboxylic acids is 1. The Morgan fingerprint density at radius 1 is 1.03 bits per heavy atom. The summed E-state index contributed by atoms with van der Waals surface area (Å²) < 4.78 is 5.40. The maximum atomic E-state index is 12.3. The average molecular weight is 446 g/mol. The van der Waals surface area contributed by atoms with Crippen molar-refractivity contribution in [1.82, 2.24) is 20.3 Å². The lowest BCUT2D eigenvalue weighted by Crippen LogP contribution is -2.36. The van der Waals surface area contributed by atoms with Gasteiger partial charge in [0.05, 0.1) is 36.8 Å². The first kappa shape index (κ1) is 21.3. The zero-order valence-electron chi connectivity index (χ0n) is 18.3. The van der Waals surface area contributed by atoms with Crippen LogP contribution >= 0.6 is 0 Å². The highest BCUT2D eigenvalue weighted by atomic mass is 16.5. The molecule has 3 N–H and O–H groups in total. The number of nitrogens with one attached hydrogen (secondary N) is 3. The van der Waals surface area contributed by atoms with Gasteiger partial charge in [-0.25, -0.2) is 15.0 Å². The molecular weight excluding hydrogens is 418 g/mol. The lowest BCUT2D eigenvalue weighted by atomic mass is 10.1. The van der Waals surface area contributed by atoms with Crippen molar-refractivity contribution >= 4 is 29.0 Å². The lowest BCUT2D eigenvalue weighted by molar-refractivity contribution is -0.117. The molecule has 2 aliphatic rings. The van der Waals surface area contributed by atoms with Crippen LogP contribution in [0.15, 0.2) is 54.9 Å². The maximum Gasteiger partial charge on any atom is 0.241 e. The molecule has 0 aliphatic carbocycles. The third-order valence-corrected chi connectivity index (χ3v) is 5.82. The van der Waals surface area contributed by atoms with Crippen LogP contribution < -0.4 is 20.9 Å². The van der Waals surface area contributed by atoms with Crippen LogP contribution in [-0.4, -0.2) is 59.7 Å². The minimum Gasteiger partial charge on any atom is -0.378 e. The highest BCUT2D eigenvalue weighted by molar-refractivity contribution is 5.95. The van der Waals surface area contributed by atoms with Gasteiger partial charge in [-0.2, -0.15) is 0 Å². The monoisotopic (exact) mass is 445 g/mol. The topological polar surface area (TPSA) is 104 Å². The summed E-state index contributed by atoms with van der Waals surface area (Å²) in [4.78, 5) is 28.0. The normalized spacial score (nSPS) is 18.2. The molecule has 2 saturated heterocycles. The molecule has 2 aromatic heterocycles. The predicted octanol–water partition coefficient (Wildman–Crippen LogP) is 2.81. The van der Waals surface area contributed by atoms with E-state index in [1.54, 1.807) is 12.4 Å². The minimum atomic E-state index is -0.0994. The molecule has 1 aromatic carbocycles. The van der Waals surface area contributed by atoms with Crippen LogP contribution in [0.5, 0.6) is 0 Å². The Hall–Kier alpha value is -3.56. The van der Waals surface area contributed by atoms with Crippen molar-refractivity contribution in [3.63, 3.8) is 0 Å². The summed E-state index contributed by atoms with van der Waals surface area (Å²) >= 11 is 0. The summed E-state index contributed by atoms with van der Waals surface area (Å²) in [5.74, 6) is 1.45. The van der Waals surface area contributed by atoms with E-state index >= 15 is 0 Å². The zero-order chi connectivity index (χ0) is 22.5. The molecule has 5 rings (SSSR count). The van der Waals surface area contributed by atoms with Crippen molar-refractivity contribution in [2.75, 3.05) is 48.4 Å². The maximum absolute atomic E-state index is 12.3. The molecule has 4 heterocycles. The summed E-state index contributed by atoms with van der Waals surface area (Å²) in [6, 6.07) is 13.4. The Morgan fingerprint density at radius 3 is 2.58 bits per heavy atom. The van der Waals surface area contributed by atoms with E-state index in [-0.39, 0.29) is 11.9 Å². The van der Waals surface area contributed by atoms with Crippen molar-refractivity contribution < 1.29 is 9.53 Å². The number of rotatable bonds is 6. The molecule has 9 nitrogen and oxygen atoms in total. The van der Waals surface area contributed by atoms with Crippen molar-refractivity contribution in [2.24, 2.45) is 0 Å². The molecule has 0 unspecified atom stereocenters. The summed E-state index contributed by atoms with van der Waals surface area (Å²) in [5.41, 5.74) is 3.33. The number of benzene rings is 1. The molecule has 1 amide bonds. The second kappa shape index (κ2) is 9.93. The van der Waals surface area contributed by atoms with E-state index in [4.69, 9.17) is 4.74 Å². The average Bonchev–Trinajstić information content (AvgIpc) is 3.41. The first-order valence-electron chi connectivity index (χ1n) is 11.3. The molecule has 0 spiro atoms. The number of pyridine rings is 1. The van der Waals surface area contributed by atoms with Gasteiger partial charge in [0, 0.05) is 30.5 Å². The number of hydrogen-bond acceptors (Lipinski definition) is 8. The Balaban J connectivity index is 1.23. The van der Waals surface area contributed by atoms with Crippen LogP contribution in [-0.2, 0) is 9.53 Å². The molecule has 33 heavy (non-hydrogen) atoms. The van der Waals surface area contributed by atoms with Gasteiger partial charge in [0.15, 0.2) is 0 Å². The van der Waals surface area contributed by atoms with E-state index < -0.39 is 0 Å². The minimum absolute atomic E-state index is 0.0158. The van der Waals surface area contributed by atoms with Crippen LogP contribution in [0.2, 0.25) is 0 Å². The Bertz CT molecular complexity index is 1080. The van der Waals surface area contributed by atoms with E-state index in [1.165, 1.54) is 0 Å². The van der Waals surface area contributed by atoms with Crippen LogP contribution in [0.3, 0.4) is 0 Å². The van der Waals surface area contributed by atoms with Gasteiger partial charge in [-0.15, -0.1) is 0 Å². The summed E-state index contributed by atoms with van der Waals surface area (Å²) in [6.45, 7) is 4.06. The van der Waals surface area contributed by atoms with E-state index in [2.05, 4.69) is 35.8 Å². The number of aromatic nitrogens is 3. The van der Waals surface area contributed by atoms with Crippen LogP contribution in [0, 0.1) is 0 Å². The number of ether oxygens (including phenoxy) is 1. The number of hydrogen-bond donors (Lipinski definition) is 3. The van der Waals surface area contributed by atoms with E-state index in [0.29, 0.717) is 5.95 Å². The fourth-order valence-corrected chi connectivity index (χ4v) is 4.01. The van der Waals surface area contributed by atoms with Crippen molar-refractivity contribution in [2.45, 2.75) is 18.9 Å². The highest BCUT2D eigenvalue weighted by Gasteiger charge is 2.21. The molecule has 0 bridgehead atoms. The Morgan fingerprint density at radius 2 is 1.85 bits per heavy atom. The summed E-state index contributed by atoms with van der Waals surface area (Å²) in [7, 11) is 0. The van der Waals surface area contributed by atoms with Gasteiger partial charge in [0.25, 0.3) is 0 Å². The van der Waals surface area contributed by atoms with Gasteiger partial charge in [0.2, 0.25) is 11.9 Å². The van der Waals surface area contributed by atoms with Gasteiger partial charge in [-0.1, -0.05) is 12.1 Å². The van der Waals surface area contributed by atoms with Gasteiger partial charge in [-0.05, 0) is 49.7 Å². The summed E-state index contributed by atoms with van der Waals surface area (Å²) in [6.07, 6.45) is 5.43. The number of amides is 1. The standard InChI is InChI=1S/C24H27N7O2/c32-23(21-2-1-10-25-21)28-18-5-3-17(4-6-18)20-9-11-26-24(30-20)29-19-7-8-22(27-16-19)31-12-14-33-15-13-31/h3-9,11,16,21,25H,1-2,10,12-15H2,(H,28,32)(H,26,29,30)/t21-/m0/s1. The molecule has 170 valence electrons. The van der Waals surface area contributed by atoms with Crippen LogP contribution in [0.4, 0.5) is 23.1 Å². The Kier molecular flexibility index (Phi) is 6.41. The molecule has 1 atom stereocenters. The first-order valence-corrected chi connectivity index (χ1v) is 11.3. The summed E-state index contributed by atoms with van der Waals surface area (Å²) in [5, 5.41) is 9.40. The molecule has 9 heteroatoms. The molecule has 0 radical (unpaired) electrons. The van der Waals surface area contributed by atoms with E-state index in [0.717, 1.165) is 74.1 Å². The van der Waals surface area contributed by atoms with Crippen molar-refractivity contribution in [1.29, 1.82) is 0 Å². The molecule has 3 aromatic rings. The van der Waals surface area contributed by atoms with Gasteiger partial charge in [0.1, 0.15) is 5.82 Å². The van der Waals surface area contributed by atoms with Gasteiger partial charge >= 0.3 is 0 Å². The fourth-order valence-electron chi connectivity index (χ4n) is 4.01. The smallest absolute Gasteiger partial charge is 0.241 e. The molecule has 0 saturated carbocycles. The molecule has 2 aliphatic heterocycles. The fraction of sp³-hybridized carbons (Fsp3) is 0.333. The second-order valence-corrected chi connectivity index (χ2v) is 8.11. The molecule has 2 fully saturated rings. The van der Waals surface area contributed by atoms with Crippen LogP contribution in [0.1, 0.15) is 12.8 Å². The quantitative estimate of drug-likeness (QED) is 0.532. The number of carbonyl (C=O) groups is 1. The lowest BCUT2D eigenvalue weighted by Gasteiger charge is -2.27. The number of nitrogens with zero attached hydrogens (tertiary/aromatic N) is 4. The predicted molar refractivity (Wildman–Crippen MR) is 128 cm³/mol. The van der Waals surface area contributed by atoms with Crippen molar-refractivity contribution in [3.05, 3.63) is 54.9 Å². The first-order chi connectivity index (χ1) is 16.2. The third kappa shape index (κ3) is 5.27. The number of morpholine rings is 1. The second-order valence-electron chi connectivity index (χ2n) is 8.11.